The molecule has 0 bridgehead atoms. The second-order valence-electron chi connectivity index (χ2n) is 5.94. The van der Waals surface area contributed by atoms with Crippen molar-refractivity contribution < 1.29 is 14.3 Å². The quantitative estimate of drug-likeness (QED) is 0.417. The number of aromatic carboxylic acids is 1. The monoisotopic (exact) mass is 321 g/mol. The van der Waals surface area contributed by atoms with E-state index < -0.39 is 17.5 Å². The van der Waals surface area contributed by atoms with Gasteiger partial charge in [0.15, 0.2) is 11.5 Å². The van der Waals surface area contributed by atoms with Crippen LogP contribution in [0.25, 0.3) is 0 Å². The van der Waals surface area contributed by atoms with Gasteiger partial charge in [0.1, 0.15) is 0 Å². The van der Waals surface area contributed by atoms with E-state index in [9.17, 15) is 9.18 Å². The normalized spacial score (nSPS) is 10.3. The van der Waals surface area contributed by atoms with Gasteiger partial charge in [-0.15, -0.1) is 0 Å². The Morgan fingerprint density at radius 2 is 1.65 bits per heavy atom. The Morgan fingerprint density at radius 3 is 2.17 bits per heavy atom. The number of halogens is 1. The number of rotatable bonds is 11. The van der Waals surface area contributed by atoms with E-state index in [1.165, 1.54) is 57.8 Å². The molecule has 3 nitrogen and oxygen atoms in total. The van der Waals surface area contributed by atoms with Gasteiger partial charge in [-0.1, -0.05) is 70.6 Å². The minimum atomic E-state index is -1.30. The largest absolute Gasteiger partial charge is 0.476 e. The first kappa shape index (κ1) is 19.3. The highest BCUT2D eigenvalue weighted by Gasteiger charge is 2.12. The number of hydrogen-bond donors (Lipinski definition) is 2. The van der Waals surface area contributed by atoms with Crippen LogP contribution in [0.1, 0.15) is 93.7 Å². The van der Waals surface area contributed by atoms with Crippen molar-refractivity contribution in [3.8, 4) is 11.8 Å². The van der Waals surface area contributed by atoms with Crippen molar-refractivity contribution in [1.29, 1.82) is 0 Å². The van der Waals surface area contributed by atoms with Gasteiger partial charge in [0.2, 0.25) is 0 Å². The number of nitrogens with one attached hydrogen (secondary N) is 1. The van der Waals surface area contributed by atoms with E-state index in [2.05, 4.69) is 23.7 Å². The second-order valence-corrected chi connectivity index (χ2v) is 5.94. The Kier molecular flexibility index (Phi) is 9.86. The molecule has 1 aromatic heterocycles. The lowest BCUT2D eigenvalue weighted by molar-refractivity contribution is 0.0686. The number of carboxylic acid groups (broad SMARTS) is 1. The van der Waals surface area contributed by atoms with Crippen LogP contribution in [0.5, 0.6) is 0 Å². The lowest BCUT2D eigenvalue weighted by Gasteiger charge is -2.00. The van der Waals surface area contributed by atoms with Crippen molar-refractivity contribution >= 4 is 5.97 Å². The van der Waals surface area contributed by atoms with Gasteiger partial charge in [-0.3, -0.25) is 0 Å². The minimum absolute atomic E-state index is 0.326. The van der Waals surface area contributed by atoms with Gasteiger partial charge in [-0.05, 0) is 12.3 Å². The third-order valence-electron chi connectivity index (χ3n) is 3.86. The molecule has 1 rings (SSSR count). The molecule has 0 unspecified atom stereocenters. The molecule has 2 N–H and O–H groups in total. The molecule has 0 aliphatic heterocycles. The van der Waals surface area contributed by atoms with Gasteiger partial charge < -0.3 is 10.1 Å². The molecule has 0 spiro atoms. The minimum Gasteiger partial charge on any atom is -0.476 e. The zero-order chi connectivity index (χ0) is 16.9. The average Bonchev–Trinajstić information content (AvgIpc) is 2.89. The summed E-state index contributed by atoms with van der Waals surface area (Å²) in [5, 5.41) is 8.73. The van der Waals surface area contributed by atoms with Gasteiger partial charge in [-0.2, -0.15) is 0 Å². The highest BCUT2D eigenvalue weighted by Crippen LogP contribution is 2.11. The maximum absolute atomic E-state index is 13.2. The number of hydrogen-bond acceptors (Lipinski definition) is 1. The molecule has 0 aliphatic carbocycles. The standard InChI is InChI=1S/C19H28FNO2/c1-2-3-4-5-6-7-8-9-10-11-12-13-14-16-15-17(20)18(21-16)19(22)23/h15,21H,2-12H2,1H3,(H,22,23). The number of aromatic nitrogens is 1. The molecule has 0 aromatic carbocycles. The summed E-state index contributed by atoms with van der Waals surface area (Å²) in [5.41, 5.74) is -0.0970. The zero-order valence-electron chi connectivity index (χ0n) is 14.1. The molecule has 128 valence electrons. The zero-order valence-corrected chi connectivity index (χ0v) is 14.1. The Morgan fingerprint density at radius 1 is 1.09 bits per heavy atom. The highest BCUT2D eigenvalue weighted by molar-refractivity contribution is 5.86. The van der Waals surface area contributed by atoms with Gasteiger partial charge >= 0.3 is 5.97 Å². The smallest absolute Gasteiger partial charge is 0.355 e. The summed E-state index contributed by atoms with van der Waals surface area (Å²) < 4.78 is 13.2. The fourth-order valence-corrected chi connectivity index (χ4v) is 2.51. The molecular formula is C19H28FNO2. The highest BCUT2D eigenvalue weighted by atomic mass is 19.1. The topological polar surface area (TPSA) is 53.1 Å². The Hall–Kier alpha value is -1.76. The molecule has 1 aromatic rings. The van der Waals surface area contributed by atoms with Crippen LogP contribution in [0.2, 0.25) is 0 Å². The number of aromatic amines is 1. The first-order chi connectivity index (χ1) is 11.1. The summed E-state index contributed by atoms with van der Waals surface area (Å²) in [6, 6.07) is 1.13. The van der Waals surface area contributed by atoms with Crippen LogP contribution in [0.15, 0.2) is 6.07 Å². The van der Waals surface area contributed by atoms with Crippen molar-refractivity contribution in [2.75, 3.05) is 0 Å². The molecule has 0 amide bonds. The average molecular weight is 321 g/mol. The van der Waals surface area contributed by atoms with E-state index in [0.29, 0.717) is 5.69 Å². The van der Waals surface area contributed by atoms with Crippen LogP contribution in [0, 0.1) is 17.7 Å². The van der Waals surface area contributed by atoms with Crippen molar-refractivity contribution in [2.45, 2.75) is 77.6 Å². The Bertz CT molecular complexity index is 525. The van der Waals surface area contributed by atoms with Crippen LogP contribution >= 0.6 is 0 Å². The Labute approximate surface area is 138 Å². The molecule has 0 saturated heterocycles. The summed E-state index contributed by atoms with van der Waals surface area (Å²) in [6.07, 6.45) is 13.6. The molecule has 23 heavy (non-hydrogen) atoms. The van der Waals surface area contributed by atoms with E-state index in [-0.39, 0.29) is 0 Å². The van der Waals surface area contributed by atoms with Gasteiger partial charge in [0.25, 0.3) is 0 Å². The summed E-state index contributed by atoms with van der Waals surface area (Å²) >= 11 is 0. The fourth-order valence-electron chi connectivity index (χ4n) is 2.51. The van der Waals surface area contributed by atoms with E-state index in [1.807, 2.05) is 0 Å². The summed E-state index contributed by atoms with van der Waals surface area (Å²) in [5.74, 6) is 3.68. The number of carboxylic acids is 1. The molecular weight excluding hydrogens is 293 g/mol. The molecule has 0 atom stereocenters. The third-order valence-corrected chi connectivity index (χ3v) is 3.86. The SMILES string of the molecule is CCCCCCCCCCCCC#Cc1cc(F)c(C(=O)O)[nH]1. The predicted octanol–water partition coefficient (Wildman–Crippen LogP) is 5.51. The molecule has 1 heterocycles. The van der Waals surface area contributed by atoms with Crippen LogP contribution < -0.4 is 0 Å². The molecule has 0 aliphatic rings. The molecule has 0 radical (unpaired) electrons. The lowest BCUT2D eigenvalue weighted by Crippen LogP contribution is -1.98. The van der Waals surface area contributed by atoms with Gasteiger partial charge in [0, 0.05) is 12.5 Å². The molecule has 0 saturated carbocycles. The van der Waals surface area contributed by atoms with Crippen molar-refractivity contribution in [2.24, 2.45) is 0 Å². The number of carbonyl (C=O) groups is 1. The third kappa shape index (κ3) is 8.44. The van der Waals surface area contributed by atoms with Crippen LogP contribution in [0.3, 0.4) is 0 Å². The lowest BCUT2D eigenvalue weighted by atomic mass is 10.1. The van der Waals surface area contributed by atoms with Crippen molar-refractivity contribution in [1.82, 2.24) is 4.98 Å². The molecule has 0 fully saturated rings. The molecule has 4 heteroatoms. The first-order valence-corrected chi connectivity index (χ1v) is 8.75. The fraction of sp³-hybridized carbons (Fsp3) is 0.632. The van der Waals surface area contributed by atoms with E-state index in [4.69, 9.17) is 5.11 Å². The summed E-state index contributed by atoms with van der Waals surface area (Å²) in [6.45, 7) is 2.24. The van der Waals surface area contributed by atoms with Crippen LogP contribution in [0.4, 0.5) is 4.39 Å². The summed E-state index contributed by atoms with van der Waals surface area (Å²) in [4.78, 5) is 13.2. The van der Waals surface area contributed by atoms with Crippen LogP contribution in [-0.2, 0) is 0 Å². The summed E-state index contributed by atoms with van der Waals surface area (Å²) in [7, 11) is 0. The number of unbranched alkanes of at least 4 members (excludes halogenated alkanes) is 10. The van der Waals surface area contributed by atoms with Gasteiger partial charge in [0.05, 0.1) is 5.69 Å². The van der Waals surface area contributed by atoms with Crippen molar-refractivity contribution in [3.05, 3.63) is 23.3 Å². The van der Waals surface area contributed by atoms with E-state index >= 15 is 0 Å². The maximum atomic E-state index is 13.2. The van der Waals surface area contributed by atoms with Crippen LogP contribution in [-0.4, -0.2) is 16.1 Å². The van der Waals surface area contributed by atoms with Gasteiger partial charge in [-0.25, -0.2) is 9.18 Å². The van der Waals surface area contributed by atoms with E-state index in [0.717, 1.165) is 18.9 Å². The van der Waals surface area contributed by atoms with Crippen molar-refractivity contribution in [3.63, 3.8) is 0 Å². The second kappa shape index (κ2) is 11.8. The Balaban J connectivity index is 2.05. The van der Waals surface area contributed by atoms with E-state index in [1.54, 1.807) is 0 Å². The number of H-pyrrole nitrogens is 1. The first-order valence-electron chi connectivity index (χ1n) is 8.75. The maximum Gasteiger partial charge on any atom is 0.355 e. The predicted molar refractivity (Wildman–Crippen MR) is 91.0 cm³/mol.